The molecule has 2 saturated heterocycles. The van der Waals surface area contributed by atoms with Crippen LogP contribution in [0.3, 0.4) is 0 Å². The van der Waals surface area contributed by atoms with Gasteiger partial charge in [0.1, 0.15) is 5.82 Å². The van der Waals surface area contributed by atoms with Gasteiger partial charge in [0, 0.05) is 57.9 Å². The number of nitrogens with zero attached hydrogens (tertiary/aromatic N) is 4. The smallest absolute Gasteiger partial charge is 0.222 e. The van der Waals surface area contributed by atoms with Crippen molar-refractivity contribution in [1.29, 1.82) is 0 Å². The zero-order valence-corrected chi connectivity index (χ0v) is 17.6. The second-order valence-corrected chi connectivity index (χ2v) is 7.83. The minimum atomic E-state index is 0.298. The minimum Gasteiger partial charge on any atom is -0.356 e. The number of halogens is 1. The number of likely N-dealkylation sites (tertiary alicyclic amines) is 1. The first kappa shape index (κ1) is 20.7. The molecule has 0 saturated carbocycles. The summed E-state index contributed by atoms with van der Waals surface area (Å²) in [5, 5.41) is 7.59. The Balaban J connectivity index is 1.45. The summed E-state index contributed by atoms with van der Waals surface area (Å²) in [7, 11) is 1.79. The van der Waals surface area contributed by atoms with Gasteiger partial charge in [0.05, 0.1) is 5.02 Å². The number of rotatable bonds is 7. The van der Waals surface area contributed by atoms with Crippen LogP contribution in [0.4, 0.5) is 5.82 Å². The second-order valence-electron chi connectivity index (χ2n) is 7.43. The lowest BCUT2D eigenvalue weighted by atomic mass is 10.1. The number of aromatic nitrogens is 1. The van der Waals surface area contributed by atoms with Crippen LogP contribution in [0, 0.1) is 0 Å². The second kappa shape index (κ2) is 9.96. The monoisotopic (exact) mass is 406 g/mol. The average molecular weight is 407 g/mol. The molecule has 2 N–H and O–H groups in total. The number of anilines is 1. The van der Waals surface area contributed by atoms with E-state index in [1.165, 1.54) is 0 Å². The molecule has 154 valence electrons. The van der Waals surface area contributed by atoms with Crippen molar-refractivity contribution in [3.8, 4) is 0 Å². The molecule has 2 fully saturated rings. The van der Waals surface area contributed by atoms with Gasteiger partial charge in [0.25, 0.3) is 0 Å². The van der Waals surface area contributed by atoms with Gasteiger partial charge < -0.3 is 20.4 Å². The van der Waals surface area contributed by atoms with Gasteiger partial charge in [0.15, 0.2) is 5.96 Å². The normalized spacial score (nSPS) is 21.3. The van der Waals surface area contributed by atoms with Crippen molar-refractivity contribution in [2.24, 2.45) is 4.99 Å². The Labute approximate surface area is 172 Å². The molecular formula is C20H31ClN6O. The highest BCUT2D eigenvalue weighted by Gasteiger charge is 2.27. The lowest BCUT2D eigenvalue weighted by molar-refractivity contribution is -0.129. The molecule has 0 spiro atoms. The Bertz CT molecular complexity index is 697. The van der Waals surface area contributed by atoms with Crippen molar-refractivity contribution in [3.05, 3.63) is 23.4 Å². The van der Waals surface area contributed by atoms with Crippen molar-refractivity contribution in [3.63, 3.8) is 0 Å². The van der Waals surface area contributed by atoms with Gasteiger partial charge in [-0.1, -0.05) is 18.5 Å². The molecule has 3 heterocycles. The highest BCUT2D eigenvalue weighted by Crippen LogP contribution is 2.25. The molecular weight excluding hydrogens is 376 g/mol. The maximum absolute atomic E-state index is 12.0. The fraction of sp³-hybridized carbons (Fsp3) is 0.650. The molecule has 2 aliphatic heterocycles. The van der Waals surface area contributed by atoms with Crippen molar-refractivity contribution >= 4 is 29.3 Å². The third-order valence-corrected chi connectivity index (χ3v) is 5.88. The Hall–Kier alpha value is -2.02. The molecule has 1 aromatic rings. The van der Waals surface area contributed by atoms with Crippen LogP contribution in [-0.2, 0) is 4.79 Å². The van der Waals surface area contributed by atoms with Gasteiger partial charge >= 0.3 is 0 Å². The van der Waals surface area contributed by atoms with Gasteiger partial charge in [-0.3, -0.25) is 9.79 Å². The Morgan fingerprint density at radius 1 is 1.46 bits per heavy atom. The number of carbonyl (C=O) groups is 1. The number of pyridine rings is 1. The van der Waals surface area contributed by atoms with Gasteiger partial charge in [-0.15, -0.1) is 0 Å². The average Bonchev–Trinajstić information content (AvgIpc) is 3.34. The summed E-state index contributed by atoms with van der Waals surface area (Å²) in [6.45, 7) is 5.61. The molecule has 2 unspecified atom stereocenters. The van der Waals surface area contributed by atoms with E-state index in [2.05, 4.69) is 32.4 Å². The van der Waals surface area contributed by atoms with E-state index in [-0.39, 0.29) is 0 Å². The van der Waals surface area contributed by atoms with Crippen molar-refractivity contribution in [2.45, 2.75) is 51.1 Å². The number of aliphatic imine (C=N–C) groups is 1. The van der Waals surface area contributed by atoms with Crippen LogP contribution >= 0.6 is 11.6 Å². The first-order valence-electron chi connectivity index (χ1n) is 10.2. The van der Waals surface area contributed by atoms with E-state index >= 15 is 0 Å². The third-order valence-electron chi connectivity index (χ3n) is 5.58. The van der Waals surface area contributed by atoms with E-state index in [1.54, 1.807) is 13.2 Å². The van der Waals surface area contributed by atoms with Gasteiger partial charge in [-0.2, -0.15) is 0 Å². The van der Waals surface area contributed by atoms with Crippen molar-refractivity contribution in [1.82, 2.24) is 20.5 Å². The molecule has 7 nitrogen and oxygen atoms in total. The van der Waals surface area contributed by atoms with Gasteiger partial charge in [-0.05, 0) is 37.8 Å². The molecule has 2 aliphatic rings. The SMILES string of the molecule is CCC(CCNC(=NC)NC1CCN(c2ncccc2Cl)C1)N1CCCC1=O. The van der Waals surface area contributed by atoms with Crippen LogP contribution in [0.15, 0.2) is 23.3 Å². The summed E-state index contributed by atoms with van der Waals surface area (Å²) < 4.78 is 0. The maximum atomic E-state index is 12.0. The topological polar surface area (TPSA) is 72.9 Å². The number of nitrogens with one attached hydrogen (secondary N) is 2. The minimum absolute atomic E-state index is 0.298. The standard InChI is InChI=1S/C20H31ClN6O/c1-3-16(27-12-5-7-18(27)28)8-11-24-20(22-2)25-15-9-13-26(14-15)19-17(21)6-4-10-23-19/h4,6,10,15-16H,3,5,7-9,11-14H2,1-2H3,(H2,22,24,25). The van der Waals surface area contributed by atoms with E-state index in [9.17, 15) is 4.79 Å². The van der Waals surface area contributed by atoms with Crippen LogP contribution in [0.2, 0.25) is 5.02 Å². The predicted molar refractivity (Wildman–Crippen MR) is 114 cm³/mol. The van der Waals surface area contributed by atoms with Crippen LogP contribution in [0.5, 0.6) is 0 Å². The molecule has 8 heteroatoms. The third kappa shape index (κ3) is 5.07. The fourth-order valence-electron chi connectivity index (χ4n) is 4.06. The lowest BCUT2D eigenvalue weighted by Crippen LogP contribution is -2.46. The number of hydrogen-bond acceptors (Lipinski definition) is 4. The Kier molecular flexibility index (Phi) is 7.36. The van der Waals surface area contributed by atoms with E-state index < -0.39 is 0 Å². The van der Waals surface area contributed by atoms with Crippen LogP contribution < -0.4 is 15.5 Å². The molecule has 28 heavy (non-hydrogen) atoms. The zero-order chi connectivity index (χ0) is 19.9. The lowest BCUT2D eigenvalue weighted by Gasteiger charge is -2.27. The van der Waals surface area contributed by atoms with E-state index in [0.717, 1.165) is 63.6 Å². The van der Waals surface area contributed by atoms with E-state index in [0.29, 0.717) is 29.4 Å². The van der Waals surface area contributed by atoms with E-state index in [1.807, 2.05) is 17.0 Å². The fourth-order valence-corrected chi connectivity index (χ4v) is 4.30. The number of hydrogen-bond donors (Lipinski definition) is 2. The molecule has 1 amide bonds. The van der Waals surface area contributed by atoms with Crippen molar-refractivity contribution < 1.29 is 4.79 Å². The molecule has 0 radical (unpaired) electrons. The zero-order valence-electron chi connectivity index (χ0n) is 16.8. The maximum Gasteiger partial charge on any atom is 0.222 e. The molecule has 0 aliphatic carbocycles. The summed E-state index contributed by atoms with van der Waals surface area (Å²) >= 11 is 6.27. The molecule has 1 aromatic heterocycles. The summed E-state index contributed by atoms with van der Waals surface area (Å²) in [5.41, 5.74) is 0. The molecule has 0 aromatic carbocycles. The molecule has 0 bridgehead atoms. The number of amides is 1. The molecule has 2 atom stereocenters. The predicted octanol–water partition coefficient (Wildman–Crippen LogP) is 2.27. The number of carbonyl (C=O) groups excluding carboxylic acids is 1. The van der Waals surface area contributed by atoms with Crippen LogP contribution in [0.1, 0.15) is 39.0 Å². The first-order chi connectivity index (χ1) is 13.6. The highest BCUT2D eigenvalue weighted by molar-refractivity contribution is 6.32. The highest BCUT2D eigenvalue weighted by atomic mass is 35.5. The van der Waals surface area contributed by atoms with Crippen LogP contribution in [-0.4, -0.2) is 67.1 Å². The largest absolute Gasteiger partial charge is 0.356 e. The summed E-state index contributed by atoms with van der Waals surface area (Å²) in [6.07, 6.45) is 6.40. The van der Waals surface area contributed by atoms with E-state index in [4.69, 9.17) is 11.6 Å². The Morgan fingerprint density at radius 2 is 2.32 bits per heavy atom. The number of guanidine groups is 1. The van der Waals surface area contributed by atoms with Crippen molar-refractivity contribution in [2.75, 3.05) is 38.1 Å². The summed E-state index contributed by atoms with van der Waals surface area (Å²) in [4.78, 5) is 25.0. The van der Waals surface area contributed by atoms with Gasteiger partial charge in [-0.25, -0.2) is 4.98 Å². The summed E-state index contributed by atoms with van der Waals surface area (Å²) in [5.74, 6) is 1.95. The summed E-state index contributed by atoms with van der Waals surface area (Å²) in [6, 6.07) is 4.34. The molecule has 3 rings (SSSR count). The van der Waals surface area contributed by atoms with Crippen LogP contribution in [0.25, 0.3) is 0 Å². The quantitative estimate of drug-likeness (QED) is 0.536. The Morgan fingerprint density at radius 3 is 3.00 bits per heavy atom. The van der Waals surface area contributed by atoms with Gasteiger partial charge in [0.2, 0.25) is 5.91 Å². The first-order valence-corrected chi connectivity index (χ1v) is 10.6.